The molecule has 2 aromatic carbocycles. The highest BCUT2D eigenvalue weighted by Gasteiger charge is 2.47. The van der Waals surface area contributed by atoms with Gasteiger partial charge in [0.05, 0.1) is 5.41 Å². The third kappa shape index (κ3) is 4.70. The minimum Gasteiger partial charge on any atom is -0.455 e. The molecule has 0 saturated heterocycles. The summed E-state index contributed by atoms with van der Waals surface area (Å²) in [5.74, 6) is -1.13. The third-order valence-electron chi connectivity index (χ3n) is 4.88. The Morgan fingerprint density at radius 2 is 1.68 bits per heavy atom. The van der Waals surface area contributed by atoms with Gasteiger partial charge in [-0.1, -0.05) is 60.5 Å². The van der Waals surface area contributed by atoms with Crippen molar-refractivity contribution in [3.63, 3.8) is 0 Å². The van der Waals surface area contributed by atoms with E-state index in [1.165, 1.54) is 0 Å². The van der Waals surface area contributed by atoms with Crippen molar-refractivity contribution in [3.05, 3.63) is 70.7 Å². The van der Waals surface area contributed by atoms with Crippen LogP contribution >= 0.6 is 11.6 Å². The average molecular weight is 401 g/mol. The van der Waals surface area contributed by atoms with Gasteiger partial charge in [-0.15, -0.1) is 0 Å². The van der Waals surface area contributed by atoms with Crippen LogP contribution in [0, 0.1) is 0 Å². The van der Waals surface area contributed by atoms with E-state index in [1.807, 2.05) is 30.3 Å². The van der Waals surface area contributed by atoms with E-state index >= 15 is 0 Å². The van der Waals surface area contributed by atoms with Crippen LogP contribution in [0.25, 0.3) is 0 Å². The quantitative estimate of drug-likeness (QED) is 0.728. The van der Waals surface area contributed by atoms with E-state index in [2.05, 4.69) is 10.6 Å². The molecular weight excluding hydrogens is 380 g/mol. The first-order valence-electron chi connectivity index (χ1n) is 9.04. The lowest BCUT2D eigenvalue weighted by Gasteiger charge is -2.39. The van der Waals surface area contributed by atoms with Gasteiger partial charge in [0.1, 0.15) is 0 Å². The summed E-state index contributed by atoms with van der Waals surface area (Å²) >= 11 is 5.91. The molecule has 0 spiro atoms. The molecule has 0 atom stereocenters. The van der Waals surface area contributed by atoms with Gasteiger partial charge in [0.15, 0.2) is 6.61 Å². The number of amides is 3. The number of esters is 1. The highest BCUT2D eigenvalue weighted by Crippen LogP contribution is 2.45. The number of imide groups is 1. The van der Waals surface area contributed by atoms with E-state index in [-0.39, 0.29) is 0 Å². The van der Waals surface area contributed by atoms with E-state index in [1.54, 1.807) is 24.3 Å². The maximum atomic E-state index is 12.6. The lowest BCUT2D eigenvalue weighted by atomic mass is 9.64. The summed E-state index contributed by atoms with van der Waals surface area (Å²) in [6, 6.07) is 15.7. The highest BCUT2D eigenvalue weighted by molar-refractivity contribution is 6.30. The van der Waals surface area contributed by atoms with Crippen LogP contribution in [0.3, 0.4) is 0 Å². The molecule has 0 aliphatic heterocycles. The van der Waals surface area contributed by atoms with Crippen LogP contribution in [0.5, 0.6) is 0 Å². The number of benzene rings is 2. The molecule has 1 aliphatic rings. The summed E-state index contributed by atoms with van der Waals surface area (Å²) in [4.78, 5) is 36.3. The van der Waals surface area contributed by atoms with Crippen molar-refractivity contribution in [2.24, 2.45) is 0 Å². The Balaban J connectivity index is 1.47. The number of carbonyl (C=O) groups is 3. The van der Waals surface area contributed by atoms with Gasteiger partial charge < -0.3 is 10.1 Å². The molecule has 7 heteroatoms. The zero-order valence-electron chi connectivity index (χ0n) is 15.2. The largest absolute Gasteiger partial charge is 0.455 e. The van der Waals surface area contributed by atoms with Crippen molar-refractivity contribution in [1.29, 1.82) is 0 Å². The summed E-state index contributed by atoms with van der Waals surface area (Å²) in [7, 11) is 0. The van der Waals surface area contributed by atoms with Crippen LogP contribution in [0.2, 0.25) is 5.02 Å². The second-order valence-electron chi connectivity index (χ2n) is 6.74. The maximum Gasteiger partial charge on any atom is 0.321 e. The first-order valence-corrected chi connectivity index (χ1v) is 9.42. The van der Waals surface area contributed by atoms with E-state index in [9.17, 15) is 14.4 Å². The number of urea groups is 1. The molecule has 0 bridgehead atoms. The van der Waals surface area contributed by atoms with E-state index in [0.29, 0.717) is 24.4 Å². The zero-order valence-corrected chi connectivity index (χ0v) is 16.0. The standard InChI is InChI=1S/C21H21ClN2O4/c22-17-9-7-16(8-10-17)21(11-4-12-21)19(26)28-14-18(25)24-20(27)23-13-15-5-2-1-3-6-15/h1-3,5-10H,4,11-14H2,(H2,23,24,25,27). The van der Waals surface area contributed by atoms with Crippen LogP contribution in [-0.4, -0.2) is 24.5 Å². The lowest BCUT2D eigenvalue weighted by molar-refractivity contribution is -0.157. The number of halogens is 1. The van der Waals surface area contributed by atoms with Crippen molar-refractivity contribution in [2.45, 2.75) is 31.2 Å². The Morgan fingerprint density at radius 1 is 1.00 bits per heavy atom. The number of nitrogens with one attached hydrogen (secondary N) is 2. The molecule has 1 saturated carbocycles. The summed E-state index contributed by atoms with van der Waals surface area (Å²) in [5, 5.41) is 5.32. The average Bonchev–Trinajstić information content (AvgIpc) is 2.66. The number of rotatable bonds is 6. The van der Waals surface area contributed by atoms with Gasteiger partial charge in [-0.05, 0) is 36.1 Å². The molecule has 3 rings (SSSR count). The first-order chi connectivity index (χ1) is 13.5. The topological polar surface area (TPSA) is 84.5 Å². The summed E-state index contributed by atoms with van der Waals surface area (Å²) < 4.78 is 5.20. The molecule has 6 nitrogen and oxygen atoms in total. The Hall–Kier alpha value is -2.86. The van der Waals surface area contributed by atoms with E-state index in [4.69, 9.17) is 16.3 Å². The van der Waals surface area contributed by atoms with Crippen molar-refractivity contribution in [2.75, 3.05) is 6.61 Å². The van der Waals surface area contributed by atoms with Crippen LogP contribution in [0.4, 0.5) is 4.79 Å². The fraction of sp³-hybridized carbons (Fsp3) is 0.286. The molecule has 3 amide bonds. The second-order valence-corrected chi connectivity index (χ2v) is 7.17. The summed E-state index contributed by atoms with van der Waals surface area (Å²) in [6.45, 7) is -0.216. The van der Waals surface area contributed by atoms with Gasteiger partial charge in [0, 0.05) is 11.6 Å². The first kappa shape index (κ1) is 19.9. The fourth-order valence-corrected chi connectivity index (χ4v) is 3.29. The maximum absolute atomic E-state index is 12.6. The lowest BCUT2D eigenvalue weighted by Crippen LogP contribution is -2.46. The number of ether oxygens (including phenoxy) is 1. The Morgan fingerprint density at radius 3 is 2.29 bits per heavy atom. The van der Waals surface area contributed by atoms with Crippen LogP contribution in [-0.2, 0) is 26.3 Å². The molecule has 1 aliphatic carbocycles. The summed E-state index contributed by atoms with van der Waals surface area (Å²) in [6.07, 6.45) is 2.23. The van der Waals surface area contributed by atoms with Gasteiger partial charge >= 0.3 is 12.0 Å². The van der Waals surface area contributed by atoms with Gasteiger partial charge in [-0.3, -0.25) is 14.9 Å². The third-order valence-corrected chi connectivity index (χ3v) is 5.13. The molecule has 1 fully saturated rings. The summed E-state index contributed by atoms with van der Waals surface area (Å²) in [5.41, 5.74) is 1.00. The minimum absolute atomic E-state index is 0.291. The zero-order chi connectivity index (χ0) is 20.0. The molecular formula is C21H21ClN2O4. The minimum atomic E-state index is -0.736. The smallest absolute Gasteiger partial charge is 0.321 e. The van der Waals surface area contributed by atoms with Gasteiger partial charge in [0.2, 0.25) is 0 Å². The molecule has 0 unspecified atom stereocenters. The molecule has 0 aromatic heterocycles. The van der Waals surface area contributed by atoms with E-state index in [0.717, 1.165) is 17.5 Å². The molecule has 2 N–H and O–H groups in total. The van der Waals surface area contributed by atoms with Crippen LogP contribution in [0.1, 0.15) is 30.4 Å². The monoisotopic (exact) mass is 400 g/mol. The second kappa shape index (κ2) is 8.89. The Bertz CT molecular complexity index is 848. The van der Waals surface area contributed by atoms with Crippen molar-refractivity contribution < 1.29 is 19.1 Å². The van der Waals surface area contributed by atoms with Gasteiger partial charge in [-0.25, -0.2) is 4.79 Å². The Labute approximate surface area is 168 Å². The number of carbonyl (C=O) groups excluding carboxylic acids is 3. The molecule has 2 aromatic rings. The van der Waals surface area contributed by atoms with Gasteiger partial charge in [-0.2, -0.15) is 0 Å². The molecule has 0 heterocycles. The number of hydrogen-bond donors (Lipinski definition) is 2. The van der Waals surface area contributed by atoms with Crippen molar-refractivity contribution in [1.82, 2.24) is 10.6 Å². The van der Waals surface area contributed by atoms with Gasteiger partial charge in [0.25, 0.3) is 5.91 Å². The normalized spacial score (nSPS) is 14.5. The number of hydrogen-bond acceptors (Lipinski definition) is 4. The van der Waals surface area contributed by atoms with Crippen molar-refractivity contribution in [3.8, 4) is 0 Å². The molecule has 146 valence electrons. The predicted octanol–water partition coefficient (Wildman–Crippen LogP) is 3.33. The van der Waals surface area contributed by atoms with E-state index < -0.39 is 29.9 Å². The Kier molecular flexibility index (Phi) is 6.31. The fourth-order valence-electron chi connectivity index (χ4n) is 3.16. The molecule has 28 heavy (non-hydrogen) atoms. The predicted molar refractivity (Wildman–Crippen MR) is 105 cm³/mol. The van der Waals surface area contributed by atoms with Crippen LogP contribution < -0.4 is 10.6 Å². The molecule has 0 radical (unpaired) electrons. The SMILES string of the molecule is O=C(COC(=O)C1(c2ccc(Cl)cc2)CCC1)NC(=O)NCc1ccccc1. The highest BCUT2D eigenvalue weighted by atomic mass is 35.5. The van der Waals surface area contributed by atoms with Crippen LogP contribution in [0.15, 0.2) is 54.6 Å². The van der Waals surface area contributed by atoms with Crippen molar-refractivity contribution >= 4 is 29.5 Å².